The molecule has 0 aliphatic rings. The van der Waals surface area contributed by atoms with Gasteiger partial charge >= 0.3 is 0 Å². The average molecular weight is 358 g/mol. The molecule has 25 heavy (non-hydrogen) atoms. The summed E-state index contributed by atoms with van der Waals surface area (Å²) in [5, 5.41) is 4.90. The topological polar surface area (TPSA) is 60.5 Å². The molecule has 0 radical (unpaired) electrons. The molecule has 0 atom stereocenters. The fourth-order valence-corrected chi connectivity index (χ4v) is 2.97. The number of rotatable bonds is 5. The number of ether oxygens (including phenoxy) is 2. The summed E-state index contributed by atoms with van der Waals surface area (Å²) in [7, 11) is 3.15. The van der Waals surface area contributed by atoms with Crippen LogP contribution in [0, 0.1) is 5.82 Å². The van der Waals surface area contributed by atoms with Gasteiger partial charge in [-0.15, -0.1) is 11.3 Å². The zero-order valence-corrected chi connectivity index (χ0v) is 14.4. The maximum absolute atomic E-state index is 13.2. The molecule has 3 aromatic rings. The second kappa shape index (κ2) is 7.31. The van der Waals surface area contributed by atoms with E-state index in [-0.39, 0.29) is 5.56 Å². The first-order valence-electron chi connectivity index (χ1n) is 7.35. The van der Waals surface area contributed by atoms with Gasteiger partial charge in [0.2, 0.25) is 0 Å². The van der Waals surface area contributed by atoms with Crippen LogP contribution in [0.25, 0.3) is 11.3 Å². The minimum atomic E-state index is -0.463. The van der Waals surface area contributed by atoms with Gasteiger partial charge in [-0.25, -0.2) is 9.37 Å². The minimum absolute atomic E-state index is 0.235. The number of benzene rings is 2. The SMILES string of the molecule is COc1ccc(-c2csc(NC(=O)c3cccc(F)c3)n2)c(OC)c1. The van der Waals surface area contributed by atoms with Crippen molar-refractivity contribution in [2.75, 3.05) is 19.5 Å². The van der Waals surface area contributed by atoms with E-state index >= 15 is 0 Å². The third kappa shape index (κ3) is 3.77. The van der Waals surface area contributed by atoms with E-state index in [1.54, 1.807) is 26.4 Å². The Hall–Kier alpha value is -2.93. The molecule has 1 N–H and O–H groups in total. The Morgan fingerprint density at radius 3 is 2.72 bits per heavy atom. The van der Waals surface area contributed by atoms with Gasteiger partial charge in [-0.3, -0.25) is 10.1 Å². The maximum atomic E-state index is 13.2. The largest absolute Gasteiger partial charge is 0.497 e. The van der Waals surface area contributed by atoms with Crippen LogP contribution in [0.2, 0.25) is 0 Å². The molecular formula is C18H15FN2O3S. The highest BCUT2D eigenvalue weighted by Crippen LogP contribution is 2.34. The molecule has 0 fully saturated rings. The van der Waals surface area contributed by atoms with E-state index in [1.165, 1.54) is 29.5 Å². The van der Waals surface area contributed by atoms with E-state index in [4.69, 9.17) is 9.47 Å². The van der Waals surface area contributed by atoms with E-state index in [0.29, 0.717) is 22.3 Å². The molecule has 5 nitrogen and oxygen atoms in total. The molecule has 128 valence electrons. The molecule has 1 aromatic heterocycles. The Labute approximate surface area is 148 Å². The average Bonchev–Trinajstić information content (AvgIpc) is 3.09. The monoisotopic (exact) mass is 358 g/mol. The van der Waals surface area contributed by atoms with Crippen molar-refractivity contribution >= 4 is 22.4 Å². The predicted molar refractivity (Wildman–Crippen MR) is 95.0 cm³/mol. The summed E-state index contributed by atoms with van der Waals surface area (Å²) in [5.74, 6) is 0.417. The smallest absolute Gasteiger partial charge is 0.257 e. The van der Waals surface area contributed by atoms with Gasteiger partial charge < -0.3 is 9.47 Å². The Morgan fingerprint density at radius 2 is 2.00 bits per heavy atom. The Balaban J connectivity index is 1.82. The second-order valence-electron chi connectivity index (χ2n) is 5.07. The van der Waals surface area contributed by atoms with Crippen LogP contribution in [0.1, 0.15) is 10.4 Å². The standard InChI is InChI=1S/C18H15FN2O3S/c1-23-13-6-7-14(16(9-13)24-2)15-10-25-18(20-15)21-17(22)11-4-3-5-12(19)8-11/h3-10H,1-2H3,(H,20,21,22). The van der Waals surface area contributed by atoms with Crippen molar-refractivity contribution in [1.29, 1.82) is 0 Å². The molecule has 1 heterocycles. The lowest BCUT2D eigenvalue weighted by Crippen LogP contribution is -2.11. The molecule has 2 aromatic carbocycles. The van der Waals surface area contributed by atoms with Crippen molar-refractivity contribution < 1.29 is 18.7 Å². The van der Waals surface area contributed by atoms with Crippen molar-refractivity contribution in [3.05, 3.63) is 59.2 Å². The third-order valence-corrected chi connectivity index (χ3v) is 4.25. The number of aromatic nitrogens is 1. The lowest BCUT2D eigenvalue weighted by atomic mass is 10.1. The van der Waals surface area contributed by atoms with E-state index in [2.05, 4.69) is 10.3 Å². The van der Waals surface area contributed by atoms with Gasteiger partial charge in [-0.2, -0.15) is 0 Å². The van der Waals surface area contributed by atoms with Crippen molar-refractivity contribution in [3.8, 4) is 22.8 Å². The van der Waals surface area contributed by atoms with Crippen LogP contribution >= 0.6 is 11.3 Å². The lowest BCUT2D eigenvalue weighted by Gasteiger charge is -2.08. The van der Waals surface area contributed by atoms with Crippen molar-refractivity contribution in [2.45, 2.75) is 0 Å². The molecule has 0 aliphatic carbocycles. The second-order valence-corrected chi connectivity index (χ2v) is 5.93. The zero-order chi connectivity index (χ0) is 17.8. The highest BCUT2D eigenvalue weighted by Gasteiger charge is 2.13. The molecule has 0 spiro atoms. The van der Waals surface area contributed by atoms with Crippen LogP contribution < -0.4 is 14.8 Å². The number of carbonyl (C=O) groups excluding carboxylic acids is 1. The summed E-state index contributed by atoms with van der Waals surface area (Å²) in [6.07, 6.45) is 0. The molecule has 7 heteroatoms. The van der Waals surface area contributed by atoms with Gasteiger partial charge in [0.05, 0.1) is 19.9 Å². The molecule has 0 saturated carbocycles. The molecule has 0 bridgehead atoms. The van der Waals surface area contributed by atoms with Crippen LogP contribution in [-0.4, -0.2) is 25.1 Å². The van der Waals surface area contributed by atoms with Crippen molar-refractivity contribution in [3.63, 3.8) is 0 Å². The van der Waals surface area contributed by atoms with Gasteiger partial charge in [0.1, 0.15) is 17.3 Å². The Kier molecular flexibility index (Phi) is 4.95. The van der Waals surface area contributed by atoms with E-state index in [9.17, 15) is 9.18 Å². The number of hydrogen-bond acceptors (Lipinski definition) is 5. The predicted octanol–water partition coefficient (Wildman–Crippen LogP) is 4.22. The van der Waals surface area contributed by atoms with Gasteiger partial charge in [-0.1, -0.05) is 6.07 Å². The van der Waals surface area contributed by atoms with E-state index in [1.807, 2.05) is 17.5 Å². The molecule has 1 amide bonds. The number of thiazole rings is 1. The molecular weight excluding hydrogens is 343 g/mol. The van der Waals surface area contributed by atoms with E-state index in [0.717, 1.165) is 5.56 Å². The van der Waals surface area contributed by atoms with Crippen LogP contribution in [0.3, 0.4) is 0 Å². The first kappa shape index (κ1) is 16.9. The summed E-state index contributed by atoms with van der Waals surface area (Å²) < 4.78 is 23.8. The lowest BCUT2D eigenvalue weighted by molar-refractivity contribution is 0.102. The number of anilines is 1. The zero-order valence-electron chi connectivity index (χ0n) is 13.6. The van der Waals surface area contributed by atoms with Crippen LogP contribution in [0.5, 0.6) is 11.5 Å². The van der Waals surface area contributed by atoms with Crippen LogP contribution in [0.15, 0.2) is 47.8 Å². The normalized spacial score (nSPS) is 10.4. The number of halogens is 1. The first-order chi connectivity index (χ1) is 12.1. The Morgan fingerprint density at radius 1 is 1.16 bits per heavy atom. The number of methoxy groups -OCH3 is 2. The van der Waals surface area contributed by atoms with Gasteiger partial charge in [0.15, 0.2) is 5.13 Å². The number of hydrogen-bond donors (Lipinski definition) is 1. The van der Waals surface area contributed by atoms with Gasteiger partial charge in [0, 0.05) is 22.6 Å². The molecule has 0 saturated heterocycles. The quantitative estimate of drug-likeness (QED) is 0.742. The fraction of sp³-hybridized carbons (Fsp3) is 0.111. The number of amides is 1. The molecule has 0 unspecified atom stereocenters. The summed E-state index contributed by atoms with van der Waals surface area (Å²) >= 11 is 1.28. The summed E-state index contributed by atoms with van der Waals surface area (Å²) in [5.41, 5.74) is 1.68. The van der Waals surface area contributed by atoms with Crippen molar-refractivity contribution in [2.24, 2.45) is 0 Å². The van der Waals surface area contributed by atoms with Crippen molar-refractivity contribution in [1.82, 2.24) is 4.98 Å². The Bertz CT molecular complexity index is 911. The summed E-state index contributed by atoms with van der Waals surface area (Å²) in [6.45, 7) is 0. The maximum Gasteiger partial charge on any atom is 0.257 e. The first-order valence-corrected chi connectivity index (χ1v) is 8.23. The van der Waals surface area contributed by atoms with Gasteiger partial charge in [-0.05, 0) is 30.3 Å². The summed E-state index contributed by atoms with van der Waals surface area (Å²) in [6, 6.07) is 10.9. The molecule has 0 aliphatic heterocycles. The van der Waals surface area contributed by atoms with Crippen LogP contribution in [0.4, 0.5) is 9.52 Å². The number of carbonyl (C=O) groups is 1. The fourth-order valence-electron chi connectivity index (χ4n) is 2.26. The number of nitrogens with zero attached hydrogens (tertiary/aromatic N) is 1. The molecule has 3 rings (SSSR count). The van der Waals surface area contributed by atoms with Crippen LogP contribution in [-0.2, 0) is 0 Å². The van der Waals surface area contributed by atoms with Gasteiger partial charge in [0.25, 0.3) is 5.91 Å². The third-order valence-electron chi connectivity index (χ3n) is 3.50. The summed E-state index contributed by atoms with van der Waals surface area (Å²) in [4.78, 5) is 16.6. The highest BCUT2D eigenvalue weighted by molar-refractivity contribution is 7.14. The number of nitrogens with one attached hydrogen (secondary N) is 1. The van der Waals surface area contributed by atoms with E-state index < -0.39 is 11.7 Å². The minimum Gasteiger partial charge on any atom is -0.497 e. The highest BCUT2D eigenvalue weighted by atomic mass is 32.1.